The van der Waals surface area contributed by atoms with Gasteiger partial charge in [0.2, 0.25) is 5.91 Å². The Morgan fingerprint density at radius 1 is 1.00 bits per heavy atom. The van der Waals surface area contributed by atoms with Gasteiger partial charge in [-0.25, -0.2) is 0 Å². The summed E-state index contributed by atoms with van der Waals surface area (Å²) in [6.07, 6.45) is 5.19. The number of benzene rings is 2. The molecular weight excluding hydrogens is 438 g/mol. The number of aliphatic hydroxyl groups excluding tert-OH is 1. The number of hydrogen-bond donors (Lipinski definition) is 1. The average molecular weight is 476 g/mol. The number of rotatable bonds is 6. The summed E-state index contributed by atoms with van der Waals surface area (Å²) in [5, 5.41) is 10.2. The van der Waals surface area contributed by atoms with E-state index in [1.54, 1.807) is 19.0 Å². The van der Waals surface area contributed by atoms with Crippen LogP contribution in [0.5, 0.6) is 0 Å². The van der Waals surface area contributed by atoms with Crippen LogP contribution in [-0.2, 0) is 4.79 Å². The summed E-state index contributed by atoms with van der Waals surface area (Å²) in [6.45, 7) is 2.73. The first-order chi connectivity index (χ1) is 17.0. The van der Waals surface area contributed by atoms with Gasteiger partial charge in [0.15, 0.2) is 0 Å². The lowest BCUT2D eigenvalue weighted by Gasteiger charge is -2.57. The molecule has 0 aromatic heterocycles. The number of carbonyl (C=O) groups excluding carboxylic acids is 2. The zero-order chi connectivity index (χ0) is 24.5. The van der Waals surface area contributed by atoms with Crippen molar-refractivity contribution >= 4 is 11.8 Å². The molecule has 6 nitrogen and oxygen atoms in total. The maximum atomic E-state index is 12.9. The van der Waals surface area contributed by atoms with E-state index in [1.165, 1.54) is 18.4 Å². The maximum Gasteiger partial charge on any atom is 0.253 e. The quantitative estimate of drug-likeness (QED) is 0.693. The minimum atomic E-state index is -0.00566. The molecule has 3 atom stereocenters. The first-order valence-electron chi connectivity index (χ1n) is 13.0. The molecule has 2 amide bonds. The largest absolute Gasteiger partial charge is 0.395 e. The Labute approximate surface area is 208 Å². The van der Waals surface area contributed by atoms with E-state index in [0.717, 1.165) is 43.6 Å². The lowest BCUT2D eigenvalue weighted by Crippen LogP contribution is -2.67. The second-order valence-electron chi connectivity index (χ2n) is 10.7. The fraction of sp³-hybridized carbons (Fsp3) is 0.517. The molecule has 2 aromatic carbocycles. The van der Waals surface area contributed by atoms with Crippen molar-refractivity contribution in [2.75, 3.05) is 40.3 Å². The smallest absolute Gasteiger partial charge is 0.253 e. The summed E-state index contributed by atoms with van der Waals surface area (Å²) in [5.41, 5.74) is 3.97. The number of hydrogen-bond acceptors (Lipinski definition) is 4. The van der Waals surface area contributed by atoms with Gasteiger partial charge < -0.3 is 14.9 Å². The topological polar surface area (TPSA) is 64.1 Å². The van der Waals surface area contributed by atoms with Crippen molar-refractivity contribution in [3.05, 3.63) is 59.7 Å². The van der Waals surface area contributed by atoms with Crippen LogP contribution in [0.15, 0.2) is 48.5 Å². The Hall–Kier alpha value is -2.70. The second-order valence-corrected chi connectivity index (χ2v) is 10.7. The monoisotopic (exact) mass is 475 g/mol. The molecule has 0 radical (unpaired) electrons. The third-order valence-electron chi connectivity index (χ3n) is 8.03. The molecule has 2 aromatic rings. The number of carbonyl (C=O) groups is 2. The Balaban J connectivity index is 1.35. The molecule has 6 heteroatoms. The van der Waals surface area contributed by atoms with Gasteiger partial charge in [-0.05, 0) is 67.0 Å². The van der Waals surface area contributed by atoms with Crippen LogP contribution in [0.2, 0.25) is 0 Å². The van der Waals surface area contributed by atoms with Crippen LogP contribution in [0.25, 0.3) is 11.1 Å². The number of nitrogens with zero attached hydrogens (tertiary/aromatic N) is 3. The molecule has 0 unspecified atom stereocenters. The van der Waals surface area contributed by atoms with Crippen molar-refractivity contribution in [3.63, 3.8) is 0 Å². The minimum absolute atomic E-state index is 0.00566. The summed E-state index contributed by atoms with van der Waals surface area (Å²) in [7, 11) is 3.53. The van der Waals surface area contributed by atoms with Crippen LogP contribution in [0.4, 0.5) is 0 Å². The third kappa shape index (κ3) is 5.00. The highest BCUT2D eigenvalue weighted by Gasteiger charge is 2.49. The molecule has 3 fully saturated rings. The molecule has 5 rings (SSSR count). The Bertz CT molecular complexity index is 1060. The van der Waals surface area contributed by atoms with Gasteiger partial charge in [0.05, 0.1) is 6.61 Å². The predicted octanol–water partition coefficient (Wildman–Crippen LogP) is 3.61. The SMILES string of the molecule is CN(C)C(=O)c1cccc(-c2ccc([C@H]3[C@H](CO)N4CCCCN(C(=O)CC5CC5)C[C@@H]34)cc2)c1. The summed E-state index contributed by atoms with van der Waals surface area (Å²) in [4.78, 5) is 31.4. The highest BCUT2D eigenvalue weighted by molar-refractivity contribution is 5.95. The van der Waals surface area contributed by atoms with E-state index in [1.807, 2.05) is 24.3 Å². The third-order valence-corrected chi connectivity index (χ3v) is 8.03. The number of amides is 2. The fourth-order valence-electron chi connectivity index (χ4n) is 5.85. The molecule has 2 aliphatic heterocycles. The van der Waals surface area contributed by atoms with Crippen LogP contribution in [0.3, 0.4) is 0 Å². The molecule has 3 aliphatic rings. The highest BCUT2D eigenvalue weighted by Crippen LogP contribution is 2.43. The Morgan fingerprint density at radius 3 is 2.43 bits per heavy atom. The zero-order valence-corrected chi connectivity index (χ0v) is 20.9. The first-order valence-corrected chi connectivity index (χ1v) is 13.0. The molecule has 2 heterocycles. The standard InChI is InChI=1S/C29H37N3O3/c1-30(2)29(35)24-7-5-6-23(17-24)21-10-12-22(13-11-21)28-25-18-31(27(34)16-20-8-9-20)14-3-4-15-32(25)26(28)19-33/h5-7,10-13,17,20,25-26,28,33H,3-4,8-9,14-16,18-19H2,1-2H3/t25-,26-,28+/m0/s1. The molecule has 0 spiro atoms. The van der Waals surface area contributed by atoms with Gasteiger partial charge in [0.25, 0.3) is 5.91 Å². The molecule has 1 N–H and O–H groups in total. The normalized spacial score (nSPS) is 24.7. The molecule has 186 valence electrons. The molecule has 1 saturated carbocycles. The van der Waals surface area contributed by atoms with E-state index in [0.29, 0.717) is 23.8 Å². The van der Waals surface area contributed by atoms with Gasteiger partial charge in [0, 0.05) is 57.2 Å². The van der Waals surface area contributed by atoms with Gasteiger partial charge in [-0.15, -0.1) is 0 Å². The van der Waals surface area contributed by atoms with Crippen LogP contribution in [0, 0.1) is 5.92 Å². The van der Waals surface area contributed by atoms with E-state index >= 15 is 0 Å². The summed E-state index contributed by atoms with van der Waals surface area (Å²) < 4.78 is 0. The predicted molar refractivity (Wildman–Crippen MR) is 137 cm³/mol. The maximum absolute atomic E-state index is 12.9. The lowest BCUT2D eigenvalue weighted by atomic mass is 9.74. The van der Waals surface area contributed by atoms with Crippen molar-refractivity contribution in [2.24, 2.45) is 5.92 Å². The van der Waals surface area contributed by atoms with Crippen molar-refractivity contribution < 1.29 is 14.7 Å². The van der Waals surface area contributed by atoms with Crippen LogP contribution >= 0.6 is 0 Å². The minimum Gasteiger partial charge on any atom is -0.395 e. The fourth-order valence-corrected chi connectivity index (χ4v) is 5.85. The summed E-state index contributed by atoms with van der Waals surface area (Å²) >= 11 is 0. The number of fused-ring (bicyclic) bond motifs is 1. The zero-order valence-electron chi connectivity index (χ0n) is 20.9. The Kier molecular flexibility index (Phi) is 6.94. The highest BCUT2D eigenvalue weighted by atomic mass is 16.3. The summed E-state index contributed by atoms with van der Waals surface area (Å²) in [6, 6.07) is 16.7. The van der Waals surface area contributed by atoms with Crippen molar-refractivity contribution in [1.29, 1.82) is 0 Å². The molecule has 0 bridgehead atoms. The van der Waals surface area contributed by atoms with Crippen molar-refractivity contribution in [1.82, 2.24) is 14.7 Å². The first kappa shape index (κ1) is 24.0. The van der Waals surface area contributed by atoms with Gasteiger partial charge in [-0.2, -0.15) is 0 Å². The molecule has 1 aliphatic carbocycles. The number of aliphatic hydroxyl groups is 1. The van der Waals surface area contributed by atoms with Gasteiger partial charge in [-0.3, -0.25) is 14.5 Å². The van der Waals surface area contributed by atoms with E-state index in [9.17, 15) is 14.7 Å². The average Bonchev–Trinajstić information content (AvgIpc) is 3.67. The summed E-state index contributed by atoms with van der Waals surface area (Å²) in [5.74, 6) is 1.12. The van der Waals surface area contributed by atoms with E-state index < -0.39 is 0 Å². The van der Waals surface area contributed by atoms with Crippen molar-refractivity contribution in [3.8, 4) is 11.1 Å². The van der Waals surface area contributed by atoms with Gasteiger partial charge in [-0.1, -0.05) is 36.4 Å². The molecule has 35 heavy (non-hydrogen) atoms. The van der Waals surface area contributed by atoms with E-state index in [-0.39, 0.29) is 30.5 Å². The Morgan fingerprint density at radius 2 is 1.74 bits per heavy atom. The second kappa shape index (κ2) is 10.1. The van der Waals surface area contributed by atoms with E-state index in [4.69, 9.17) is 0 Å². The molecular formula is C29H37N3O3. The molecule has 2 saturated heterocycles. The lowest BCUT2D eigenvalue weighted by molar-refractivity contribution is -0.136. The van der Waals surface area contributed by atoms with Crippen molar-refractivity contribution in [2.45, 2.75) is 50.1 Å². The van der Waals surface area contributed by atoms with Gasteiger partial charge >= 0.3 is 0 Å². The van der Waals surface area contributed by atoms with Crippen LogP contribution in [-0.4, -0.2) is 84.0 Å². The van der Waals surface area contributed by atoms with Gasteiger partial charge in [0.1, 0.15) is 0 Å². The van der Waals surface area contributed by atoms with Crippen LogP contribution < -0.4 is 0 Å². The van der Waals surface area contributed by atoms with Crippen LogP contribution in [0.1, 0.15) is 53.9 Å². The van der Waals surface area contributed by atoms with E-state index in [2.05, 4.69) is 34.1 Å².